The molecule has 1 saturated carbocycles. The molecule has 14 heavy (non-hydrogen) atoms. The number of nitrogens with zero attached hydrogens (tertiary/aromatic N) is 1. The highest BCUT2D eigenvalue weighted by molar-refractivity contribution is 5.85. The number of ether oxygens (including phenoxy) is 1. The maximum atomic E-state index is 11.1. The Hall–Kier alpha value is -1.58. The van der Waals surface area contributed by atoms with Gasteiger partial charge in [-0.1, -0.05) is 0 Å². The van der Waals surface area contributed by atoms with Crippen molar-refractivity contribution in [2.75, 3.05) is 7.11 Å². The Balaban J connectivity index is 2.30. The summed E-state index contributed by atoms with van der Waals surface area (Å²) in [6, 6.07) is 3.44. The van der Waals surface area contributed by atoms with E-state index >= 15 is 0 Å². The van der Waals surface area contributed by atoms with Crippen molar-refractivity contribution in [3.8, 4) is 0 Å². The number of esters is 1. The summed E-state index contributed by atoms with van der Waals surface area (Å²) in [6.45, 7) is 0. The third-order valence-electron chi connectivity index (χ3n) is 2.40. The van der Waals surface area contributed by atoms with Gasteiger partial charge in [0.05, 0.1) is 7.11 Å². The van der Waals surface area contributed by atoms with Gasteiger partial charge >= 0.3 is 11.7 Å². The van der Waals surface area contributed by atoms with Crippen LogP contribution in [-0.4, -0.2) is 18.3 Å². The normalized spacial score (nSPS) is 15.2. The zero-order chi connectivity index (χ0) is 10.1. The number of carbonyl (C=O) groups is 1. The Morgan fingerprint density at radius 3 is 2.79 bits per heavy atom. The second-order valence-electron chi connectivity index (χ2n) is 3.46. The molecule has 74 valence electrons. The van der Waals surface area contributed by atoms with E-state index in [4.69, 9.17) is 0 Å². The minimum absolute atomic E-state index is 0.150. The number of aromatic nitrogens is 1. The van der Waals surface area contributed by atoms with E-state index in [1.54, 1.807) is 12.3 Å². The van der Waals surface area contributed by atoms with E-state index < -0.39 is 5.97 Å². The molecule has 0 aromatic carbocycles. The number of methoxy groups -OCH3 is 1. The zero-order valence-corrected chi connectivity index (χ0v) is 7.93. The molecule has 1 N–H and O–H groups in total. The fraction of sp³-hybridized carbons (Fsp3) is 0.400. The van der Waals surface area contributed by atoms with E-state index in [-0.39, 0.29) is 5.69 Å². The lowest BCUT2D eigenvalue weighted by molar-refractivity contribution is -0.906. The first-order chi connectivity index (χ1) is 6.72. The molecule has 0 amide bonds. The van der Waals surface area contributed by atoms with Gasteiger partial charge in [0, 0.05) is 16.4 Å². The fourth-order valence-corrected chi connectivity index (χ4v) is 1.43. The van der Waals surface area contributed by atoms with Crippen molar-refractivity contribution >= 4 is 5.97 Å². The molecule has 0 radical (unpaired) electrons. The number of pyridine rings is 1. The van der Waals surface area contributed by atoms with Gasteiger partial charge in [-0.15, -0.1) is 0 Å². The van der Waals surface area contributed by atoms with Gasteiger partial charge in [0.2, 0.25) is 6.20 Å². The average Bonchev–Trinajstić information content (AvgIpc) is 3.00. The summed E-state index contributed by atoms with van der Waals surface area (Å²) < 4.78 is 5.35. The Morgan fingerprint density at radius 2 is 2.29 bits per heavy atom. The first-order valence-corrected chi connectivity index (χ1v) is 4.55. The molecule has 4 heteroatoms. The third-order valence-corrected chi connectivity index (χ3v) is 2.40. The molecule has 1 fully saturated rings. The van der Waals surface area contributed by atoms with Crippen molar-refractivity contribution in [3.05, 3.63) is 29.6 Å². The summed E-state index contributed by atoms with van der Waals surface area (Å²) >= 11 is 0. The smallest absolute Gasteiger partial charge is 0.408 e. The zero-order valence-electron chi connectivity index (χ0n) is 7.93. The molecule has 1 aromatic heterocycles. The van der Waals surface area contributed by atoms with Crippen LogP contribution in [0, 0.1) is 0 Å². The van der Waals surface area contributed by atoms with Crippen molar-refractivity contribution in [3.63, 3.8) is 0 Å². The maximum Gasteiger partial charge on any atom is 0.408 e. The first-order valence-electron chi connectivity index (χ1n) is 4.55. The van der Waals surface area contributed by atoms with E-state index in [1.807, 2.05) is 6.07 Å². The SMILES string of the molecule is COC(=O)c1ccc(C2CC2)c[n+]1O. The van der Waals surface area contributed by atoms with Crippen LogP contribution in [0.1, 0.15) is 34.8 Å². The Bertz CT molecular complexity index is 372. The van der Waals surface area contributed by atoms with E-state index in [0.29, 0.717) is 5.92 Å². The molecular formula is C10H12NO3+. The lowest BCUT2D eigenvalue weighted by atomic mass is 10.2. The molecule has 0 saturated heterocycles. The standard InChI is InChI=1S/C10H12NO3/c1-14-10(12)9-5-4-8(6-11(9)13)7-2-3-7/h4-7,13H,2-3H2,1H3/q+1. The van der Waals surface area contributed by atoms with Gasteiger partial charge in [-0.2, -0.15) is 0 Å². The van der Waals surface area contributed by atoms with Crippen molar-refractivity contribution in [1.29, 1.82) is 0 Å². The molecule has 0 atom stereocenters. The Kier molecular flexibility index (Phi) is 2.11. The van der Waals surface area contributed by atoms with E-state index in [0.717, 1.165) is 23.1 Å². The predicted molar refractivity (Wildman–Crippen MR) is 47.1 cm³/mol. The number of rotatable bonds is 2. The molecule has 4 nitrogen and oxygen atoms in total. The van der Waals surface area contributed by atoms with Crippen LogP contribution in [0.25, 0.3) is 0 Å². The lowest BCUT2D eigenvalue weighted by Gasteiger charge is -1.97. The number of hydrogen-bond acceptors (Lipinski definition) is 3. The van der Waals surface area contributed by atoms with Crippen LogP contribution in [0.15, 0.2) is 18.3 Å². The predicted octanol–water partition coefficient (Wildman–Crippen LogP) is 0.875. The highest BCUT2D eigenvalue weighted by Gasteiger charge is 2.28. The lowest BCUT2D eigenvalue weighted by Crippen LogP contribution is -2.38. The number of hydrogen-bond donors (Lipinski definition) is 1. The van der Waals surface area contributed by atoms with E-state index in [2.05, 4.69) is 4.74 Å². The molecule has 1 heterocycles. The van der Waals surface area contributed by atoms with E-state index in [1.165, 1.54) is 7.11 Å². The molecule has 1 aliphatic carbocycles. The van der Waals surface area contributed by atoms with Crippen molar-refractivity contribution in [1.82, 2.24) is 0 Å². The van der Waals surface area contributed by atoms with Crippen LogP contribution in [0.4, 0.5) is 0 Å². The van der Waals surface area contributed by atoms with Crippen LogP contribution in [0.3, 0.4) is 0 Å². The summed E-state index contributed by atoms with van der Waals surface area (Å²) in [6.07, 6.45) is 3.90. The van der Waals surface area contributed by atoms with Gasteiger partial charge in [-0.05, 0) is 24.8 Å². The summed E-state index contributed by atoms with van der Waals surface area (Å²) in [5.41, 5.74) is 1.22. The highest BCUT2D eigenvalue weighted by Crippen LogP contribution is 2.39. The number of carbonyl (C=O) groups excluding carboxylic acids is 1. The highest BCUT2D eigenvalue weighted by atomic mass is 16.5. The first kappa shape index (κ1) is 8.99. The largest absolute Gasteiger partial charge is 0.461 e. The minimum atomic E-state index is -0.533. The van der Waals surface area contributed by atoms with Crippen LogP contribution >= 0.6 is 0 Å². The van der Waals surface area contributed by atoms with Crippen LogP contribution in [-0.2, 0) is 4.74 Å². The van der Waals surface area contributed by atoms with Gasteiger partial charge in [-0.3, -0.25) is 5.21 Å². The molecule has 0 unspecified atom stereocenters. The quantitative estimate of drug-likeness (QED) is 0.432. The molecule has 0 spiro atoms. The van der Waals surface area contributed by atoms with E-state index in [9.17, 15) is 10.0 Å². The monoisotopic (exact) mass is 194 g/mol. The topological polar surface area (TPSA) is 50.4 Å². The van der Waals surface area contributed by atoms with Gasteiger partial charge in [0.25, 0.3) is 0 Å². The van der Waals surface area contributed by atoms with Gasteiger partial charge < -0.3 is 4.74 Å². The van der Waals surface area contributed by atoms with Gasteiger partial charge in [0.15, 0.2) is 0 Å². The molecule has 2 rings (SSSR count). The molecular weight excluding hydrogens is 182 g/mol. The summed E-state index contributed by atoms with van der Waals surface area (Å²) in [5, 5.41) is 9.49. The van der Waals surface area contributed by atoms with Crippen molar-refractivity contribution in [2.45, 2.75) is 18.8 Å². The minimum Gasteiger partial charge on any atom is -0.461 e. The average molecular weight is 194 g/mol. The summed E-state index contributed by atoms with van der Waals surface area (Å²) in [7, 11) is 1.29. The fourth-order valence-electron chi connectivity index (χ4n) is 1.43. The Labute approximate surface area is 81.7 Å². The molecule has 1 aliphatic rings. The third kappa shape index (κ3) is 1.55. The van der Waals surface area contributed by atoms with Gasteiger partial charge in [0.1, 0.15) is 0 Å². The molecule has 0 aliphatic heterocycles. The van der Waals surface area contributed by atoms with Crippen LogP contribution in [0.5, 0.6) is 0 Å². The maximum absolute atomic E-state index is 11.1. The summed E-state index contributed by atoms with van der Waals surface area (Å²) in [5.74, 6) is 0.0231. The Morgan fingerprint density at radius 1 is 1.57 bits per heavy atom. The van der Waals surface area contributed by atoms with Crippen LogP contribution < -0.4 is 4.73 Å². The molecule has 1 aromatic rings. The van der Waals surface area contributed by atoms with Gasteiger partial charge in [-0.25, -0.2) is 4.79 Å². The second-order valence-corrected chi connectivity index (χ2v) is 3.46. The molecule has 0 bridgehead atoms. The van der Waals surface area contributed by atoms with Crippen LogP contribution in [0.2, 0.25) is 0 Å². The summed E-state index contributed by atoms with van der Waals surface area (Å²) in [4.78, 5) is 11.1. The van der Waals surface area contributed by atoms with Crippen molar-refractivity contribution < 1.29 is 19.5 Å². The van der Waals surface area contributed by atoms with Crippen molar-refractivity contribution in [2.24, 2.45) is 0 Å². The second kappa shape index (κ2) is 3.29.